The van der Waals surface area contributed by atoms with Gasteiger partial charge >= 0.3 is 5.97 Å². The summed E-state index contributed by atoms with van der Waals surface area (Å²) in [6.45, 7) is 0. The van der Waals surface area contributed by atoms with Crippen LogP contribution < -0.4 is 0 Å². The lowest BCUT2D eigenvalue weighted by Gasteiger charge is -2.04. The van der Waals surface area contributed by atoms with Gasteiger partial charge in [-0.25, -0.2) is 10.1 Å². The fraction of sp³-hybridized carbons (Fsp3) is 0. The van der Waals surface area contributed by atoms with Crippen molar-refractivity contribution >= 4 is 39.5 Å². The van der Waals surface area contributed by atoms with Crippen LogP contribution >= 0.6 is 12.0 Å². The van der Waals surface area contributed by atoms with E-state index in [4.69, 9.17) is 9.81 Å². The molecule has 1 heterocycles. The molecule has 162 valence electrons. The Morgan fingerprint density at radius 2 is 1.71 bits per heavy atom. The molecule has 2 aromatic carbocycles. The van der Waals surface area contributed by atoms with Crippen LogP contribution in [0.2, 0.25) is 0 Å². The molecular formula is C16H12N4O9S2. The zero-order chi connectivity index (χ0) is 22.6. The minimum Gasteiger partial charge on any atom is -0.492 e. The molecule has 0 amide bonds. The summed E-state index contributed by atoms with van der Waals surface area (Å²) in [6, 6.07) is 10.6. The summed E-state index contributed by atoms with van der Waals surface area (Å²) in [5.41, 5.74) is -0.593. The Morgan fingerprint density at radius 1 is 1.06 bits per heavy atom. The first-order chi connectivity index (χ1) is 14.7. The predicted molar refractivity (Wildman–Crippen MR) is 103 cm³/mol. The molecule has 0 saturated carbocycles. The largest absolute Gasteiger partial charge is 0.492 e. The average Bonchev–Trinajstić information content (AvgIpc) is 3.07. The Morgan fingerprint density at radius 3 is 2.26 bits per heavy atom. The highest BCUT2D eigenvalue weighted by Crippen LogP contribution is 2.35. The second-order valence-corrected chi connectivity index (χ2v) is 7.82. The van der Waals surface area contributed by atoms with Crippen LogP contribution in [0.3, 0.4) is 0 Å². The van der Waals surface area contributed by atoms with Gasteiger partial charge in [-0.05, 0) is 48.5 Å². The Bertz CT molecular complexity index is 1220. The zero-order valence-corrected chi connectivity index (χ0v) is 16.7. The Labute approximate surface area is 178 Å². The number of rotatable bonds is 8. The topological polar surface area (TPSA) is 193 Å². The summed E-state index contributed by atoms with van der Waals surface area (Å²) in [7, 11) is -4.38. The third-order valence-electron chi connectivity index (χ3n) is 3.68. The minimum absolute atomic E-state index is 0.128. The van der Waals surface area contributed by atoms with E-state index >= 15 is 0 Å². The molecule has 4 N–H and O–H groups in total. The summed E-state index contributed by atoms with van der Waals surface area (Å²) in [4.78, 5) is 11.7. The van der Waals surface area contributed by atoms with Crippen molar-refractivity contribution in [2.45, 2.75) is 9.79 Å². The molecule has 1 aromatic heterocycles. The van der Waals surface area contributed by atoms with E-state index in [1.54, 1.807) is 0 Å². The number of benzene rings is 2. The third-order valence-corrected chi connectivity index (χ3v) is 5.14. The van der Waals surface area contributed by atoms with Crippen LogP contribution in [0.4, 0.5) is 11.4 Å². The third kappa shape index (κ3) is 5.23. The lowest BCUT2D eigenvalue weighted by Crippen LogP contribution is -2.01. The second kappa shape index (κ2) is 9.21. The first-order valence-corrected chi connectivity index (χ1v) is 10.2. The van der Waals surface area contributed by atoms with Crippen LogP contribution in [0, 0.1) is 0 Å². The highest BCUT2D eigenvalue weighted by molar-refractivity contribution is 7.94. The number of aromatic hydroxyl groups is 1. The normalized spacial score (nSPS) is 11.8. The van der Waals surface area contributed by atoms with Gasteiger partial charge in [0.1, 0.15) is 0 Å². The molecule has 0 atom stereocenters. The maximum Gasteiger partial charge on any atom is 0.358 e. The summed E-state index contributed by atoms with van der Waals surface area (Å²) >= 11 is 0.705. The molecule has 0 radical (unpaired) electrons. The van der Waals surface area contributed by atoms with E-state index in [2.05, 4.69) is 24.7 Å². The van der Waals surface area contributed by atoms with E-state index < -0.39 is 33.3 Å². The number of azo groups is 1. The number of carboxylic acids is 1. The van der Waals surface area contributed by atoms with Gasteiger partial charge in [-0.1, -0.05) is 5.04 Å². The average molecular weight is 468 g/mol. The molecule has 31 heavy (non-hydrogen) atoms. The molecule has 0 unspecified atom stereocenters. The Kier molecular flexibility index (Phi) is 6.64. The Hall–Kier alpha value is -3.34. The number of carboxylic acid groups (broad SMARTS) is 1. The van der Waals surface area contributed by atoms with Gasteiger partial charge in [0.05, 0.1) is 28.3 Å². The number of carbonyl (C=O) groups is 1. The highest BCUT2D eigenvalue weighted by atomic mass is 32.2. The van der Waals surface area contributed by atoms with Gasteiger partial charge in [0.15, 0.2) is 5.69 Å². The summed E-state index contributed by atoms with van der Waals surface area (Å²) < 4.78 is 36.3. The lowest BCUT2D eigenvalue weighted by atomic mass is 10.3. The minimum atomic E-state index is -4.38. The van der Waals surface area contributed by atoms with Gasteiger partial charge in [-0.15, -0.1) is 9.45 Å². The molecule has 0 spiro atoms. The first-order valence-electron chi connectivity index (χ1n) is 8.00. The van der Waals surface area contributed by atoms with E-state index in [0.29, 0.717) is 16.9 Å². The quantitative estimate of drug-likeness (QED) is 0.124. The molecule has 0 bridgehead atoms. The smallest absolute Gasteiger partial charge is 0.358 e. The van der Waals surface area contributed by atoms with Gasteiger partial charge in [0.25, 0.3) is 10.1 Å². The van der Waals surface area contributed by atoms with Crippen LogP contribution in [0.15, 0.2) is 68.6 Å². The van der Waals surface area contributed by atoms with Crippen molar-refractivity contribution < 1.29 is 42.6 Å². The molecule has 13 nitrogen and oxygen atoms in total. The van der Waals surface area contributed by atoms with Gasteiger partial charge < -0.3 is 10.2 Å². The van der Waals surface area contributed by atoms with E-state index in [1.807, 2.05) is 0 Å². The molecule has 15 heteroatoms. The van der Waals surface area contributed by atoms with Crippen molar-refractivity contribution in [3.05, 3.63) is 54.2 Å². The maximum atomic E-state index is 11.5. The van der Waals surface area contributed by atoms with Crippen molar-refractivity contribution in [1.29, 1.82) is 0 Å². The van der Waals surface area contributed by atoms with Gasteiger partial charge in [0.2, 0.25) is 11.6 Å². The van der Waals surface area contributed by atoms with Crippen LogP contribution in [0.1, 0.15) is 10.5 Å². The van der Waals surface area contributed by atoms with Gasteiger partial charge in [0, 0.05) is 4.90 Å². The van der Waals surface area contributed by atoms with E-state index in [0.717, 1.165) is 16.8 Å². The number of hydrogen-bond donors (Lipinski definition) is 4. The van der Waals surface area contributed by atoms with Gasteiger partial charge in [-0.3, -0.25) is 4.55 Å². The lowest BCUT2D eigenvalue weighted by molar-refractivity contribution is -0.432. The van der Waals surface area contributed by atoms with Crippen LogP contribution in [0.5, 0.6) is 5.88 Å². The fourth-order valence-corrected chi connectivity index (χ4v) is 3.14. The standard InChI is InChI=1S/C16H12N4O9S2/c21-15-13(18-17-9-1-7-12(8-2-9)31(25,26)27)14(16(22)23)19-20(15)10-3-5-11(6-4-10)30-29-28-24/h1-8,21,24H,(H,22,23)(H,25,26,27)/b18-17+. The summed E-state index contributed by atoms with van der Waals surface area (Å²) in [6.07, 6.45) is 0. The number of aromatic carboxylic acids is 1. The summed E-state index contributed by atoms with van der Waals surface area (Å²) in [5.74, 6) is -2.07. The fourth-order valence-electron chi connectivity index (χ4n) is 2.31. The molecule has 0 saturated heterocycles. The molecule has 0 fully saturated rings. The summed E-state index contributed by atoms with van der Waals surface area (Å²) in [5, 5.41) is 42.8. The molecular weight excluding hydrogens is 456 g/mol. The van der Waals surface area contributed by atoms with Gasteiger partial charge in [-0.2, -0.15) is 23.3 Å². The second-order valence-electron chi connectivity index (χ2n) is 5.63. The molecule has 0 aliphatic rings. The van der Waals surface area contributed by atoms with Crippen LogP contribution in [-0.4, -0.2) is 44.2 Å². The zero-order valence-electron chi connectivity index (χ0n) is 15.1. The van der Waals surface area contributed by atoms with Crippen molar-refractivity contribution in [2.75, 3.05) is 0 Å². The highest BCUT2D eigenvalue weighted by Gasteiger charge is 2.23. The van der Waals surface area contributed by atoms with Crippen molar-refractivity contribution in [2.24, 2.45) is 10.2 Å². The number of aromatic nitrogens is 2. The van der Waals surface area contributed by atoms with Crippen molar-refractivity contribution in [1.82, 2.24) is 9.78 Å². The number of hydrogen-bond acceptors (Lipinski definition) is 11. The van der Waals surface area contributed by atoms with E-state index in [9.17, 15) is 23.4 Å². The molecule has 0 aliphatic carbocycles. The van der Waals surface area contributed by atoms with E-state index in [-0.39, 0.29) is 16.3 Å². The molecule has 3 rings (SSSR count). The maximum absolute atomic E-state index is 11.5. The van der Waals surface area contributed by atoms with E-state index in [1.165, 1.54) is 36.4 Å². The Balaban J connectivity index is 1.93. The molecule has 0 aliphatic heterocycles. The number of nitrogens with zero attached hydrogens (tertiary/aromatic N) is 4. The SMILES string of the molecule is O=C(O)c1nn(-c2ccc(SOOO)cc2)c(O)c1/N=N/c1ccc(S(=O)(=O)O)cc1. The molecule has 3 aromatic rings. The van der Waals surface area contributed by atoms with Crippen LogP contribution in [-0.2, 0) is 19.5 Å². The monoisotopic (exact) mass is 468 g/mol. The van der Waals surface area contributed by atoms with Crippen LogP contribution in [0.25, 0.3) is 5.69 Å². The first kappa shape index (κ1) is 22.3. The van der Waals surface area contributed by atoms with Crippen molar-refractivity contribution in [3.8, 4) is 11.6 Å². The predicted octanol–water partition coefficient (Wildman–Crippen LogP) is 3.37. The van der Waals surface area contributed by atoms with Crippen molar-refractivity contribution in [3.63, 3.8) is 0 Å².